The van der Waals surface area contributed by atoms with Gasteiger partial charge in [-0.1, -0.05) is 0 Å². The Morgan fingerprint density at radius 2 is 0.952 bits per heavy atom. The van der Waals surface area contributed by atoms with E-state index in [1.807, 2.05) is 0 Å². The van der Waals surface area contributed by atoms with E-state index in [1.54, 1.807) is 0 Å². The van der Waals surface area contributed by atoms with Gasteiger partial charge in [-0.05, 0) is 25.5 Å². The van der Waals surface area contributed by atoms with Crippen molar-refractivity contribution < 1.29 is 43.5 Å². The number of benzene rings is 3. The Morgan fingerprint density at radius 1 is 0.548 bits per heavy atom. The van der Waals surface area contributed by atoms with Crippen LogP contribution in [0.1, 0.15) is 11.1 Å². The molecule has 8 nitrogen and oxygen atoms in total. The average Bonchev–Trinajstić information content (AvgIpc) is 3.30. The molecule has 42 heavy (non-hydrogen) atoms. The minimum Gasteiger partial charge on any atom is -0.277 e. The molecule has 5 aromatic rings. The van der Waals surface area contributed by atoms with Crippen molar-refractivity contribution in [1.82, 2.24) is 9.13 Å². The maximum Gasteiger partial charge on any atom is 0.266 e. The van der Waals surface area contributed by atoms with Gasteiger partial charge in [-0.25, -0.2) is 48.1 Å². The molecule has 2 aromatic heterocycles. The second-order valence-corrected chi connectivity index (χ2v) is 10.9. The predicted octanol–water partition coefficient (Wildman–Crippen LogP) is 3.00. The lowest BCUT2D eigenvalue weighted by molar-refractivity contribution is 0.401. The van der Waals surface area contributed by atoms with Crippen molar-refractivity contribution in [2.75, 3.05) is 0 Å². The fourth-order valence-electron chi connectivity index (χ4n) is 4.77. The summed E-state index contributed by atoms with van der Waals surface area (Å²) in [6, 6.07) is 0.745. The summed E-state index contributed by atoms with van der Waals surface area (Å²) in [7, 11) is -5.36. The third kappa shape index (κ3) is 3.36. The normalized spacial score (nSPS) is 12.3. The molecule has 0 fully saturated rings. The van der Waals surface area contributed by atoms with Gasteiger partial charge >= 0.3 is 0 Å². The third-order valence-corrected chi connectivity index (χ3v) is 8.68. The Labute approximate surface area is 225 Å². The molecule has 2 heterocycles. The van der Waals surface area contributed by atoms with E-state index in [9.17, 15) is 45.2 Å². The van der Waals surface area contributed by atoms with Crippen molar-refractivity contribution in [3.05, 3.63) is 105 Å². The van der Waals surface area contributed by atoms with Crippen molar-refractivity contribution in [3.63, 3.8) is 0 Å². The first-order valence-electron chi connectivity index (χ1n) is 11.2. The Hall–Kier alpha value is -4.67. The van der Waals surface area contributed by atoms with E-state index in [0.29, 0.717) is 11.5 Å². The van der Waals surface area contributed by atoms with Gasteiger partial charge in [0.2, 0.25) is 9.84 Å². The Bertz CT molecular complexity index is 2360. The molecule has 0 bridgehead atoms. The zero-order chi connectivity index (χ0) is 31.5. The maximum atomic E-state index is 15.3. The monoisotopic (exact) mass is 618 g/mol. The molecular weight excluding hydrogens is 608 g/mol. The summed E-state index contributed by atoms with van der Waals surface area (Å²) in [5.74, 6) is -21.2. The molecule has 0 saturated heterocycles. The summed E-state index contributed by atoms with van der Waals surface area (Å²) in [6.07, 6.45) is 0. The molecule has 3 aromatic carbocycles. The van der Waals surface area contributed by atoms with Crippen LogP contribution >= 0.6 is 0 Å². The first-order chi connectivity index (χ1) is 19.4. The zero-order valence-corrected chi connectivity index (χ0v) is 21.7. The number of sulfone groups is 1. The Morgan fingerprint density at radius 3 is 1.43 bits per heavy atom. The molecule has 0 atom stereocenters. The molecule has 0 aliphatic heterocycles. The number of aryl methyl sites for hydroxylation is 1. The topological polar surface area (TPSA) is 112 Å². The molecule has 0 saturated carbocycles. The number of nitrogens with zero attached hydrogens (tertiary/aromatic N) is 2. The first kappa shape index (κ1) is 28.8. The highest BCUT2D eigenvalue weighted by Crippen LogP contribution is 2.37. The smallest absolute Gasteiger partial charge is 0.266 e. The van der Waals surface area contributed by atoms with E-state index in [1.165, 1.54) is 0 Å². The molecule has 0 aliphatic rings. The molecule has 0 aliphatic carbocycles. The summed E-state index contributed by atoms with van der Waals surface area (Å²) in [6.45, 7) is 1.59. The van der Waals surface area contributed by atoms with Gasteiger partial charge in [0, 0.05) is 12.6 Å². The highest BCUT2D eigenvalue weighted by atomic mass is 32.2. The lowest BCUT2D eigenvalue weighted by atomic mass is 10.0. The van der Waals surface area contributed by atoms with Crippen molar-refractivity contribution in [1.29, 1.82) is 0 Å². The van der Waals surface area contributed by atoms with Crippen LogP contribution in [0, 0.1) is 60.4 Å². The Balaban J connectivity index is 1.89. The van der Waals surface area contributed by atoms with E-state index < -0.39 is 115 Å². The quantitative estimate of drug-likeness (QED) is 0.227. The van der Waals surface area contributed by atoms with Gasteiger partial charge in [-0.2, -0.15) is 0 Å². The van der Waals surface area contributed by atoms with E-state index in [2.05, 4.69) is 0 Å². The second-order valence-electron chi connectivity index (χ2n) is 9.11. The van der Waals surface area contributed by atoms with E-state index >= 15 is 17.6 Å². The maximum absolute atomic E-state index is 15.3. The van der Waals surface area contributed by atoms with Gasteiger partial charge in [0.15, 0.2) is 46.5 Å². The zero-order valence-electron chi connectivity index (χ0n) is 20.9. The van der Waals surface area contributed by atoms with Crippen LogP contribution in [0.15, 0.2) is 35.0 Å². The molecule has 0 radical (unpaired) electrons. The molecule has 218 valence electrons. The lowest BCUT2D eigenvalue weighted by Crippen LogP contribution is -2.28. The number of hydrogen-bond acceptors (Lipinski definition) is 6. The molecule has 0 spiro atoms. The molecule has 0 unspecified atom stereocenters. The number of hydrogen-bond donors (Lipinski definition) is 0. The fraction of sp³-hybridized carbons (Fsp3) is 0.120. The predicted molar refractivity (Wildman–Crippen MR) is 128 cm³/mol. The summed E-state index contributed by atoms with van der Waals surface area (Å²) >= 11 is 0. The third-order valence-electron chi connectivity index (χ3n) is 6.88. The first-order valence-corrected chi connectivity index (χ1v) is 12.7. The van der Waals surface area contributed by atoms with Crippen LogP contribution in [0.25, 0.3) is 27.2 Å². The number of halogens is 8. The summed E-state index contributed by atoms with van der Waals surface area (Å²) in [5, 5.41) is -2.10. The molecule has 5 rings (SSSR count). The van der Waals surface area contributed by atoms with Gasteiger partial charge in [-0.15, -0.1) is 0 Å². The van der Waals surface area contributed by atoms with Gasteiger partial charge < -0.3 is 0 Å². The molecule has 0 amide bonds. The van der Waals surface area contributed by atoms with Crippen molar-refractivity contribution >= 4 is 31.4 Å². The van der Waals surface area contributed by atoms with E-state index in [4.69, 9.17) is 0 Å². The fourth-order valence-corrected chi connectivity index (χ4v) is 6.27. The van der Waals surface area contributed by atoms with Gasteiger partial charge in [0.1, 0.15) is 15.5 Å². The minimum absolute atomic E-state index is 0.304. The molecule has 17 heteroatoms. The largest absolute Gasteiger partial charge is 0.277 e. The summed E-state index contributed by atoms with van der Waals surface area (Å²) in [5.41, 5.74) is -8.87. The molecule has 0 N–H and O–H groups in total. The Kier molecular flexibility index (Phi) is 6.12. The van der Waals surface area contributed by atoms with Crippen LogP contribution in [0.2, 0.25) is 0 Å². The van der Waals surface area contributed by atoms with Crippen LogP contribution in [0.4, 0.5) is 35.1 Å². The van der Waals surface area contributed by atoms with Crippen LogP contribution < -0.4 is 22.2 Å². The highest BCUT2D eigenvalue weighted by molar-refractivity contribution is 7.91. The van der Waals surface area contributed by atoms with Crippen LogP contribution in [-0.2, 0) is 16.9 Å². The second kappa shape index (κ2) is 8.91. The minimum atomic E-state index is -6.45. The van der Waals surface area contributed by atoms with Gasteiger partial charge in [0.25, 0.3) is 22.2 Å². The van der Waals surface area contributed by atoms with Crippen molar-refractivity contribution in [2.45, 2.75) is 23.6 Å². The lowest BCUT2D eigenvalue weighted by Gasteiger charge is -2.14. The SMILES string of the molecule is Cc1c(F)c(F)c(S(=O)(=O)c2c(F)c(F)c(-n3c(=O)c4cc5c(=O)n(C)c(=O)c5c(C)c4c3=O)c(F)c2F)c(F)c1F. The average molecular weight is 618 g/mol. The van der Waals surface area contributed by atoms with Gasteiger partial charge in [0.05, 0.1) is 21.5 Å². The summed E-state index contributed by atoms with van der Waals surface area (Å²) in [4.78, 5) is 45.7. The van der Waals surface area contributed by atoms with Gasteiger partial charge in [-0.3, -0.25) is 23.7 Å². The van der Waals surface area contributed by atoms with E-state index in [-0.39, 0.29) is 16.3 Å². The van der Waals surface area contributed by atoms with Crippen molar-refractivity contribution in [3.8, 4) is 5.69 Å². The number of rotatable bonds is 3. The summed E-state index contributed by atoms with van der Waals surface area (Å²) < 4.78 is 143. The van der Waals surface area contributed by atoms with E-state index in [0.717, 1.165) is 20.0 Å². The highest BCUT2D eigenvalue weighted by Gasteiger charge is 2.41. The van der Waals surface area contributed by atoms with Crippen molar-refractivity contribution in [2.24, 2.45) is 7.05 Å². The van der Waals surface area contributed by atoms with Crippen LogP contribution in [0.3, 0.4) is 0 Å². The standard InChI is InChI=1S/C25H10F8N2O6S/c1-5-9-7(22(36)34(3)24(9)38)4-8-10(5)25(39)35(23(8)37)19-13(28)17(32)21(18(33)14(19)29)42(40,41)20-15(30)11(26)6(2)12(27)16(20)31/h4H,1-3H3. The molecular formula is C25H10F8N2O6S. The van der Waals surface area contributed by atoms with Crippen LogP contribution in [0.5, 0.6) is 0 Å². The van der Waals surface area contributed by atoms with Crippen LogP contribution in [-0.4, -0.2) is 17.6 Å². The number of fused-ring (bicyclic) bond motifs is 2. The number of aromatic nitrogens is 2.